The molecule has 2 aromatic carbocycles. The maximum atomic E-state index is 13.6. The van der Waals surface area contributed by atoms with E-state index in [4.69, 9.17) is 4.74 Å². The van der Waals surface area contributed by atoms with Crippen molar-refractivity contribution >= 4 is 27.6 Å². The number of ether oxygens (including phenoxy) is 1. The molecule has 0 bridgehead atoms. The van der Waals surface area contributed by atoms with Gasteiger partial charge in [-0.3, -0.25) is 4.79 Å². The molecule has 7 nitrogen and oxygen atoms in total. The molecule has 30 heavy (non-hydrogen) atoms. The normalized spacial score (nSPS) is 15.6. The van der Waals surface area contributed by atoms with Gasteiger partial charge in [-0.2, -0.15) is 4.31 Å². The molecule has 1 amide bonds. The molecule has 0 radical (unpaired) electrons. The van der Waals surface area contributed by atoms with Gasteiger partial charge in [0.1, 0.15) is 5.82 Å². The van der Waals surface area contributed by atoms with Crippen LogP contribution in [0.5, 0.6) is 0 Å². The van der Waals surface area contributed by atoms with Crippen LogP contribution in [-0.2, 0) is 19.6 Å². The number of esters is 1. The summed E-state index contributed by atoms with van der Waals surface area (Å²) in [5.41, 5.74) is 0.821. The van der Waals surface area contributed by atoms with Crippen molar-refractivity contribution in [1.29, 1.82) is 0 Å². The molecule has 1 unspecified atom stereocenters. The fraction of sp³-hybridized carbons (Fsp3) is 0.333. The molecule has 1 heterocycles. The summed E-state index contributed by atoms with van der Waals surface area (Å²) in [6.45, 7) is 3.98. The standard InChI is InChI=1S/C21H23FN2O5S/c1-14-5-8-17(13-19(14)22)23-20(25)15(2)29-21(26)16-6-9-18(10-7-16)30(27,28)24-11-3-4-12-24/h5-10,13,15H,3-4,11-12H2,1-2H3,(H,23,25). The van der Waals surface area contributed by atoms with Gasteiger partial charge in [-0.25, -0.2) is 17.6 Å². The highest BCUT2D eigenvalue weighted by Gasteiger charge is 2.27. The third kappa shape index (κ3) is 4.85. The van der Waals surface area contributed by atoms with Gasteiger partial charge in [0.05, 0.1) is 10.5 Å². The Labute approximate surface area is 174 Å². The van der Waals surface area contributed by atoms with Gasteiger partial charge in [-0.1, -0.05) is 6.07 Å². The Kier molecular flexibility index (Phi) is 6.52. The zero-order chi connectivity index (χ0) is 21.9. The second kappa shape index (κ2) is 8.93. The second-order valence-corrected chi connectivity index (χ2v) is 9.07. The van der Waals surface area contributed by atoms with Gasteiger partial charge in [0.2, 0.25) is 10.0 Å². The lowest BCUT2D eigenvalue weighted by Crippen LogP contribution is -2.30. The first-order valence-corrected chi connectivity index (χ1v) is 11.0. The molecule has 0 aromatic heterocycles. The van der Waals surface area contributed by atoms with Crippen molar-refractivity contribution in [2.45, 2.75) is 37.7 Å². The van der Waals surface area contributed by atoms with Gasteiger partial charge in [0, 0.05) is 18.8 Å². The van der Waals surface area contributed by atoms with E-state index in [1.807, 2.05) is 0 Å². The van der Waals surface area contributed by atoms with Gasteiger partial charge in [-0.15, -0.1) is 0 Å². The third-order valence-corrected chi connectivity index (χ3v) is 6.80. The predicted octanol–water partition coefficient (Wildman–Crippen LogP) is 3.10. The molecule has 9 heteroatoms. The van der Waals surface area contributed by atoms with Crippen molar-refractivity contribution in [1.82, 2.24) is 4.31 Å². The fourth-order valence-electron chi connectivity index (χ4n) is 3.04. The summed E-state index contributed by atoms with van der Waals surface area (Å²) in [5, 5.41) is 2.49. The summed E-state index contributed by atoms with van der Waals surface area (Å²) in [6.07, 6.45) is 0.535. The topological polar surface area (TPSA) is 92.8 Å². The summed E-state index contributed by atoms with van der Waals surface area (Å²) in [4.78, 5) is 24.6. The van der Waals surface area contributed by atoms with Crippen molar-refractivity contribution in [3.05, 3.63) is 59.4 Å². The Morgan fingerprint density at radius 1 is 1.10 bits per heavy atom. The second-order valence-electron chi connectivity index (χ2n) is 7.14. The maximum Gasteiger partial charge on any atom is 0.338 e. The molecule has 1 N–H and O–H groups in total. The average Bonchev–Trinajstić information content (AvgIpc) is 3.26. The molecule has 1 fully saturated rings. The minimum absolute atomic E-state index is 0.105. The Hall–Kier alpha value is -2.78. The van der Waals surface area contributed by atoms with Crippen molar-refractivity contribution < 1.29 is 27.1 Å². The number of hydrogen-bond donors (Lipinski definition) is 1. The van der Waals surface area contributed by atoms with Crippen LogP contribution in [0, 0.1) is 12.7 Å². The molecule has 1 aliphatic heterocycles. The summed E-state index contributed by atoms with van der Waals surface area (Å²) < 4.78 is 45.2. The first-order valence-electron chi connectivity index (χ1n) is 9.56. The number of sulfonamides is 1. The van der Waals surface area contributed by atoms with Crippen molar-refractivity contribution in [2.75, 3.05) is 18.4 Å². The Balaban J connectivity index is 1.62. The van der Waals surface area contributed by atoms with Crippen LogP contribution >= 0.6 is 0 Å². The number of carbonyl (C=O) groups is 2. The minimum atomic E-state index is -3.57. The van der Waals surface area contributed by atoms with Crippen LogP contribution < -0.4 is 5.32 Å². The predicted molar refractivity (Wildman–Crippen MR) is 109 cm³/mol. The molecule has 0 saturated carbocycles. The fourth-order valence-corrected chi connectivity index (χ4v) is 4.55. The third-order valence-electron chi connectivity index (χ3n) is 4.89. The van der Waals surface area contributed by atoms with E-state index in [0.29, 0.717) is 18.7 Å². The highest BCUT2D eigenvalue weighted by Crippen LogP contribution is 2.21. The Bertz CT molecular complexity index is 1050. The molecule has 1 aliphatic rings. The first-order chi connectivity index (χ1) is 14.2. The lowest BCUT2D eigenvalue weighted by molar-refractivity contribution is -0.123. The zero-order valence-corrected chi connectivity index (χ0v) is 17.5. The highest BCUT2D eigenvalue weighted by atomic mass is 32.2. The molecule has 1 atom stereocenters. The quantitative estimate of drug-likeness (QED) is 0.706. The number of rotatable bonds is 6. The van der Waals surface area contributed by atoms with Crippen LogP contribution in [0.15, 0.2) is 47.4 Å². The van der Waals surface area contributed by atoms with Crippen LogP contribution in [0.25, 0.3) is 0 Å². The van der Waals surface area contributed by atoms with Crippen LogP contribution in [0.1, 0.15) is 35.7 Å². The largest absolute Gasteiger partial charge is 0.449 e. The van der Waals surface area contributed by atoms with Gasteiger partial charge in [-0.05, 0) is 68.7 Å². The number of hydrogen-bond acceptors (Lipinski definition) is 5. The highest BCUT2D eigenvalue weighted by molar-refractivity contribution is 7.89. The minimum Gasteiger partial charge on any atom is -0.449 e. The SMILES string of the molecule is Cc1ccc(NC(=O)C(C)OC(=O)c2ccc(S(=O)(=O)N3CCCC3)cc2)cc1F. The molecular formula is C21H23FN2O5S. The van der Waals surface area contributed by atoms with E-state index in [9.17, 15) is 22.4 Å². The summed E-state index contributed by atoms with van der Waals surface area (Å²) >= 11 is 0. The van der Waals surface area contributed by atoms with Crippen molar-refractivity contribution in [2.24, 2.45) is 0 Å². The number of benzene rings is 2. The Morgan fingerprint density at radius 2 is 1.73 bits per heavy atom. The van der Waals surface area contributed by atoms with Gasteiger partial charge in [0.25, 0.3) is 5.91 Å². The molecule has 0 spiro atoms. The maximum absolute atomic E-state index is 13.6. The lowest BCUT2D eigenvalue weighted by Gasteiger charge is -2.16. The molecular weight excluding hydrogens is 411 g/mol. The zero-order valence-electron chi connectivity index (χ0n) is 16.7. The Morgan fingerprint density at radius 3 is 2.33 bits per heavy atom. The van der Waals surface area contributed by atoms with E-state index >= 15 is 0 Å². The number of carbonyl (C=O) groups excluding carboxylic acids is 2. The van der Waals surface area contributed by atoms with Crippen molar-refractivity contribution in [3.63, 3.8) is 0 Å². The van der Waals surface area contributed by atoms with E-state index in [2.05, 4.69) is 5.32 Å². The molecule has 1 saturated heterocycles. The number of nitrogens with zero attached hydrogens (tertiary/aromatic N) is 1. The molecule has 0 aliphatic carbocycles. The van der Waals surface area contributed by atoms with E-state index in [1.54, 1.807) is 13.0 Å². The molecule has 160 valence electrons. The number of aryl methyl sites for hydroxylation is 1. The lowest BCUT2D eigenvalue weighted by atomic mass is 10.2. The van der Waals surface area contributed by atoms with Crippen molar-refractivity contribution in [3.8, 4) is 0 Å². The van der Waals surface area contributed by atoms with Crippen LogP contribution in [0.3, 0.4) is 0 Å². The first kappa shape index (κ1) is 21.9. The summed E-state index contributed by atoms with van der Waals surface area (Å²) in [6, 6.07) is 9.66. The van der Waals surface area contributed by atoms with Crippen LogP contribution in [-0.4, -0.2) is 43.8 Å². The van der Waals surface area contributed by atoms with E-state index in [0.717, 1.165) is 12.8 Å². The van der Waals surface area contributed by atoms with Crippen LogP contribution in [0.4, 0.5) is 10.1 Å². The smallest absolute Gasteiger partial charge is 0.338 e. The van der Waals surface area contributed by atoms with Gasteiger partial charge < -0.3 is 10.1 Å². The number of nitrogens with one attached hydrogen (secondary N) is 1. The molecule has 3 rings (SSSR count). The summed E-state index contributed by atoms with van der Waals surface area (Å²) in [5.74, 6) is -1.83. The number of anilines is 1. The number of amides is 1. The average molecular weight is 434 g/mol. The number of halogens is 1. The van der Waals surface area contributed by atoms with Gasteiger partial charge in [0.15, 0.2) is 6.10 Å². The van der Waals surface area contributed by atoms with E-state index in [-0.39, 0.29) is 16.1 Å². The van der Waals surface area contributed by atoms with E-state index < -0.39 is 33.8 Å². The van der Waals surface area contributed by atoms with E-state index in [1.165, 1.54) is 47.6 Å². The monoisotopic (exact) mass is 434 g/mol. The van der Waals surface area contributed by atoms with Gasteiger partial charge >= 0.3 is 5.97 Å². The summed E-state index contributed by atoms with van der Waals surface area (Å²) in [7, 11) is -3.57. The molecule has 2 aromatic rings. The van der Waals surface area contributed by atoms with Crippen LogP contribution in [0.2, 0.25) is 0 Å².